The zero-order valence-electron chi connectivity index (χ0n) is 12.4. The summed E-state index contributed by atoms with van der Waals surface area (Å²) in [7, 11) is 1.44. The van der Waals surface area contributed by atoms with Crippen molar-refractivity contribution >= 4 is 0 Å². The average Bonchev–Trinajstić information content (AvgIpc) is 2.96. The molecule has 0 spiro atoms. The number of halogens is 2. The lowest BCUT2D eigenvalue weighted by Crippen LogP contribution is -2.17. The molecule has 1 fully saturated rings. The number of alkyl halides is 2. The van der Waals surface area contributed by atoms with E-state index in [1.54, 1.807) is 12.1 Å². The summed E-state index contributed by atoms with van der Waals surface area (Å²) in [5.41, 5.74) is 0.915. The molecule has 2 rings (SSSR count). The second-order valence-electron chi connectivity index (χ2n) is 5.48. The SMILES string of the molecule is COc1ccc(CNCCC2CCCC2)cc1OC(F)F. The molecule has 118 valence electrons. The lowest BCUT2D eigenvalue weighted by atomic mass is 10.0. The fourth-order valence-electron chi connectivity index (χ4n) is 2.86. The molecule has 1 saturated carbocycles. The number of methoxy groups -OCH3 is 1. The third-order valence-electron chi connectivity index (χ3n) is 3.98. The number of ether oxygens (including phenoxy) is 2. The maximum Gasteiger partial charge on any atom is 0.387 e. The zero-order valence-corrected chi connectivity index (χ0v) is 12.4. The molecule has 0 bridgehead atoms. The molecule has 0 heterocycles. The topological polar surface area (TPSA) is 30.5 Å². The minimum absolute atomic E-state index is 0.0857. The first-order chi connectivity index (χ1) is 10.2. The summed E-state index contributed by atoms with van der Waals surface area (Å²) in [6, 6.07) is 5.12. The molecular weight excluding hydrogens is 276 g/mol. The quantitative estimate of drug-likeness (QED) is 0.737. The van der Waals surface area contributed by atoms with E-state index in [4.69, 9.17) is 4.74 Å². The molecule has 1 aliphatic carbocycles. The Morgan fingerprint density at radius 1 is 1.24 bits per heavy atom. The summed E-state index contributed by atoms with van der Waals surface area (Å²) < 4.78 is 34.2. The van der Waals surface area contributed by atoms with Gasteiger partial charge in [0.25, 0.3) is 0 Å². The Morgan fingerprint density at radius 2 is 2.00 bits per heavy atom. The molecule has 0 aromatic heterocycles. The van der Waals surface area contributed by atoms with Gasteiger partial charge in [-0.25, -0.2) is 0 Å². The summed E-state index contributed by atoms with van der Waals surface area (Å²) in [6.45, 7) is -1.23. The standard InChI is InChI=1S/C16H23F2NO2/c1-20-14-7-6-13(10-15(14)21-16(17)18)11-19-9-8-12-4-2-3-5-12/h6-7,10,12,16,19H,2-5,8-9,11H2,1H3. The molecule has 1 aliphatic rings. The van der Waals surface area contributed by atoms with Crippen molar-refractivity contribution in [2.75, 3.05) is 13.7 Å². The van der Waals surface area contributed by atoms with E-state index in [0.717, 1.165) is 18.0 Å². The van der Waals surface area contributed by atoms with E-state index in [-0.39, 0.29) is 5.75 Å². The largest absolute Gasteiger partial charge is 0.493 e. The molecule has 0 aliphatic heterocycles. The van der Waals surface area contributed by atoms with E-state index < -0.39 is 6.61 Å². The van der Waals surface area contributed by atoms with Crippen LogP contribution >= 0.6 is 0 Å². The highest BCUT2D eigenvalue weighted by molar-refractivity contribution is 5.42. The molecule has 0 amide bonds. The first-order valence-electron chi connectivity index (χ1n) is 7.51. The number of nitrogens with one attached hydrogen (secondary N) is 1. The van der Waals surface area contributed by atoms with Crippen LogP contribution in [-0.4, -0.2) is 20.3 Å². The van der Waals surface area contributed by atoms with Crippen molar-refractivity contribution in [2.45, 2.75) is 45.3 Å². The molecule has 0 radical (unpaired) electrons. The number of benzene rings is 1. The second-order valence-corrected chi connectivity index (χ2v) is 5.48. The van der Waals surface area contributed by atoms with Gasteiger partial charge in [0.15, 0.2) is 11.5 Å². The highest BCUT2D eigenvalue weighted by Gasteiger charge is 2.14. The highest BCUT2D eigenvalue weighted by Crippen LogP contribution is 2.29. The van der Waals surface area contributed by atoms with Crippen molar-refractivity contribution in [3.63, 3.8) is 0 Å². The van der Waals surface area contributed by atoms with Crippen molar-refractivity contribution in [3.05, 3.63) is 23.8 Å². The van der Waals surface area contributed by atoms with Gasteiger partial charge in [0, 0.05) is 6.54 Å². The van der Waals surface area contributed by atoms with Crippen LogP contribution in [0.4, 0.5) is 8.78 Å². The average molecular weight is 299 g/mol. The maximum absolute atomic E-state index is 12.4. The smallest absolute Gasteiger partial charge is 0.387 e. The molecule has 0 atom stereocenters. The fourth-order valence-corrected chi connectivity index (χ4v) is 2.86. The van der Waals surface area contributed by atoms with Gasteiger partial charge in [-0.2, -0.15) is 8.78 Å². The van der Waals surface area contributed by atoms with Crippen LogP contribution in [0.1, 0.15) is 37.7 Å². The summed E-state index contributed by atoms with van der Waals surface area (Å²) in [5.74, 6) is 1.26. The van der Waals surface area contributed by atoms with Crippen molar-refractivity contribution in [3.8, 4) is 11.5 Å². The predicted octanol–water partition coefficient (Wildman–Crippen LogP) is 3.97. The first kappa shape index (κ1) is 16.0. The van der Waals surface area contributed by atoms with Crippen LogP contribution in [0.25, 0.3) is 0 Å². The minimum Gasteiger partial charge on any atom is -0.493 e. The molecule has 3 nitrogen and oxygen atoms in total. The van der Waals surface area contributed by atoms with Crippen LogP contribution in [0.15, 0.2) is 18.2 Å². The monoisotopic (exact) mass is 299 g/mol. The summed E-state index contributed by atoms with van der Waals surface area (Å²) in [4.78, 5) is 0. The number of hydrogen-bond donors (Lipinski definition) is 1. The predicted molar refractivity (Wildman–Crippen MR) is 77.9 cm³/mol. The van der Waals surface area contributed by atoms with Crippen LogP contribution in [0.3, 0.4) is 0 Å². The Bertz CT molecular complexity index is 434. The lowest BCUT2D eigenvalue weighted by molar-refractivity contribution is -0.0512. The molecule has 21 heavy (non-hydrogen) atoms. The van der Waals surface area contributed by atoms with E-state index in [9.17, 15) is 8.78 Å². The normalized spacial score (nSPS) is 15.6. The van der Waals surface area contributed by atoms with Crippen LogP contribution < -0.4 is 14.8 Å². The van der Waals surface area contributed by atoms with Gasteiger partial charge in [-0.1, -0.05) is 31.7 Å². The van der Waals surface area contributed by atoms with Gasteiger partial charge in [0.05, 0.1) is 7.11 Å². The van der Waals surface area contributed by atoms with Crippen LogP contribution in [0.2, 0.25) is 0 Å². The van der Waals surface area contributed by atoms with Crippen molar-refractivity contribution in [2.24, 2.45) is 5.92 Å². The Kier molecular flexibility index (Phi) is 6.23. The second kappa shape index (κ2) is 8.17. The molecule has 0 saturated heterocycles. The molecule has 0 unspecified atom stereocenters. The Balaban J connectivity index is 1.81. The molecule has 1 N–H and O–H groups in total. The van der Waals surface area contributed by atoms with E-state index in [1.807, 2.05) is 6.07 Å². The zero-order chi connectivity index (χ0) is 15.1. The highest BCUT2D eigenvalue weighted by atomic mass is 19.3. The summed E-state index contributed by atoms with van der Waals surface area (Å²) in [5, 5.41) is 3.36. The Labute approximate surface area is 124 Å². The van der Waals surface area contributed by atoms with E-state index in [1.165, 1.54) is 39.2 Å². The van der Waals surface area contributed by atoms with E-state index >= 15 is 0 Å². The maximum atomic E-state index is 12.4. The lowest BCUT2D eigenvalue weighted by Gasteiger charge is -2.13. The third kappa shape index (κ3) is 5.16. The Hall–Kier alpha value is -1.36. The van der Waals surface area contributed by atoms with Gasteiger partial charge in [-0.15, -0.1) is 0 Å². The molecule has 1 aromatic carbocycles. The van der Waals surface area contributed by atoms with Crippen LogP contribution in [-0.2, 0) is 6.54 Å². The van der Waals surface area contributed by atoms with E-state index in [2.05, 4.69) is 10.1 Å². The summed E-state index contributed by atoms with van der Waals surface area (Å²) >= 11 is 0. The molecule has 5 heteroatoms. The van der Waals surface area contributed by atoms with Gasteiger partial charge in [0.2, 0.25) is 0 Å². The van der Waals surface area contributed by atoms with Gasteiger partial charge in [0.1, 0.15) is 0 Å². The van der Waals surface area contributed by atoms with Gasteiger partial charge in [-0.05, 0) is 36.6 Å². The van der Waals surface area contributed by atoms with Gasteiger partial charge in [-0.3, -0.25) is 0 Å². The molecular formula is C16H23F2NO2. The Morgan fingerprint density at radius 3 is 2.67 bits per heavy atom. The van der Waals surface area contributed by atoms with Crippen LogP contribution in [0, 0.1) is 5.92 Å². The van der Waals surface area contributed by atoms with Crippen LogP contribution in [0.5, 0.6) is 11.5 Å². The van der Waals surface area contributed by atoms with Crippen molar-refractivity contribution < 1.29 is 18.3 Å². The number of hydrogen-bond acceptors (Lipinski definition) is 3. The number of rotatable bonds is 8. The summed E-state index contributed by atoms with van der Waals surface area (Å²) in [6.07, 6.45) is 6.60. The van der Waals surface area contributed by atoms with E-state index in [0.29, 0.717) is 12.3 Å². The van der Waals surface area contributed by atoms with Gasteiger partial charge >= 0.3 is 6.61 Å². The van der Waals surface area contributed by atoms with Crippen molar-refractivity contribution in [1.82, 2.24) is 5.32 Å². The first-order valence-corrected chi connectivity index (χ1v) is 7.51. The molecule has 1 aromatic rings. The fraction of sp³-hybridized carbons (Fsp3) is 0.625. The van der Waals surface area contributed by atoms with Crippen molar-refractivity contribution in [1.29, 1.82) is 0 Å². The minimum atomic E-state index is -2.84. The third-order valence-corrected chi connectivity index (χ3v) is 3.98. The van der Waals surface area contributed by atoms with Gasteiger partial charge < -0.3 is 14.8 Å².